The number of anilines is 1. The molecule has 1 fully saturated rings. The molecule has 3 rings (SSSR count). The molecule has 0 radical (unpaired) electrons. The largest absolute Gasteiger partial charge is 0.495 e. The number of hydrogen-bond acceptors (Lipinski definition) is 4. The van der Waals surface area contributed by atoms with Gasteiger partial charge in [-0.15, -0.1) is 0 Å². The van der Waals surface area contributed by atoms with Gasteiger partial charge in [-0.05, 0) is 43.0 Å². The second kappa shape index (κ2) is 7.34. The fraction of sp³-hybridized carbons (Fsp3) is 0.368. The van der Waals surface area contributed by atoms with Crippen LogP contribution in [0, 0.1) is 12.8 Å². The number of para-hydroxylation sites is 2. The number of amides is 1. The topological polar surface area (TPSA) is 54.5 Å². The van der Waals surface area contributed by atoms with Crippen LogP contribution in [0.5, 0.6) is 5.75 Å². The minimum atomic E-state index is -0.0538. The highest BCUT2D eigenvalue weighted by Gasteiger charge is 2.25. The molecule has 1 aromatic carbocycles. The van der Waals surface area contributed by atoms with Gasteiger partial charge in [0.2, 0.25) is 0 Å². The molecule has 1 aromatic heterocycles. The van der Waals surface area contributed by atoms with Crippen molar-refractivity contribution in [1.82, 2.24) is 10.3 Å². The molecule has 1 atom stereocenters. The van der Waals surface area contributed by atoms with E-state index in [9.17, 15) is 4.79 Å². The molecule has 0 bridgehead atoms. The lowest BCUT2D eigenvalue weighted by molar-refractivity contribution is 0.0948. The quantitative estimate of drug-likeness (QED) is 0.918. The predicted molar refractivity (Wildman–Crippen MR) is 94.6 cm³/mol. The molecule has 0 spiro atoms. The van der Waals surface area contributed by atoms with Crippen LogP contribution in [-0.2, 0) is 0 Å². The standard InChI is InChI=1S/C19H23N3O2/c1-14-9-16(12-20-10-14)19(23)21-11-15-7-8-22(13-15)17-5-3-4-6-18(17)24-2/h3-6,9-10,12,15H,7-8,11,13H2,1-2H3,(H,21,23). The first kappa shape index (κ1) is 16.3. The molecule has 1 aliphatic heterocycles. The van der Waals surface area contributed by atoms with E-state index in [-0.39, 0.29) is 5.91 Å². The minimum absolute atomic E-state index is 0.0538. The monoisotopic (exact) mass is 325 g/mol. The summed E-state index contributed by atoms with van der Waals surface area (Å²) < 4.78 is 5.44. The number of carbonyl (C=O) groups is 1. The molecular formula is C19H23N3O2. The number of aryl methyl sites for hydroxylation is 1. The Hall–Kier alpha value is -2.56. The van der Waals surface area contributed by atoms with Gasteiger partial charge < -0.3 is 15.0 Å². The Morgan fingerprint density at radius 2 is 2.21 bits per heavy atom. The van der Waals surface area contributed by atoms with E-state index < -0.39 is 0 Å². The van der Waals surface area contributed by atoms with Crippen molar-refractivity contribution in [2.24, 2.45) is 5.92 Å². The predicted octanol–water partition coefficient (Wildman–Crippen LogP) is 2.65. The van der Waals surface area contributed by atoms with E-state index in [4.69, 9.17) is 4.74 Å². The lowest BCUT2D eigenvalue weighted by atomic mass is 10.1. The summed E-state index contributed by atoms with van der Waals surface area (Å²) in [6, 6.07) is 9.93. The fourth-order valence-electron chi connectivity index (χ4n) is 3.13. The van der Waals surface area contributed by atoms with Crippen molar-refractivity contribution in [1.29, 1.82) is 0 Å². The van der Waals surface area contributed by atoms with Crippen LogP contribution in [0.25, 0.3) is 0 Å². The maximum Gasteiger partial charge on any atom is 0.252 e. The van der Waals surface area contributed by atoms with E-state index >= 15 is 0 Å². The third-order valence-electron chi connectivity index (χ3n) is 4.40. The van der Waals surface area contributed by atoms with E-state index in [1.54, 1.807) is 19.5 Å². The number of hydrogen-bond donors (Lipinski definition) is 1. The molecule has 5 heteroatoms. The summed E-state index contributed by atoms with van der Waals surface area (Å²) >= 11 is 0. The zero-order valence-electron chi connectivity index (χ0n) is 14.2. The van der Waals surface area contributed by atoms with Crippen molar-refractivity contribution in [3.8, 4) is 5.75 Å². The zero-order chi connectivity index (χ0) is 16.9. The maximum atomic E-state index is 12.2. The molecule has 1 saturated heterocycles. The van der Waals surface area contributed by atoms with Crippen molar-refractivity contribution in [2.45, 2.75) is 13.3 Å². The van der Waals surface area contributed by atoms with E-state index in [0.29, 0.717) is 18.0 Å². The summed E-state index contributed by atoms with van der Waals surface area (Å²) in [5.41, 5.74) is 2.73. The number of nitrogens with zero attached hydrogens (tertiary/aromatic N) is 2. The average Bonchev–Trinajstić information content (AvgIpc) is 3.08. The number of methoxy groups -OCH3 is 1. The van der Waals surface area contributed by atoms with Crippen LogP contribution < -0.4 is 15.0 Å². The molecule has 1 amide bonds. The van der Waals surface area contributed by atoms with Gasteiger partial charge in [0.25, 0.3) is 5.91 Å². The van der Waals surface area contributed by atoms with Gasteiger partial charge in [0.1, 0.15) is 5.75 Å². The molecule has 2 heterocycles. The highest BCUT2D eigenvalue weighted by Crippen LogP contribution is 2.31. The molecule has 0 saturated carbocycles. The van der Waals surface area contributed by atoms with E-state index in [2.05, 4.69) is 21.3 Å². The molecule has 1 aliphatic rings. The summed E-state index contributed by atoms with van der Waals surface area (Å²) in [7, 11) is 1.70. The summed E-state index contributed by atoms with van der Waals surface area (Å²) in [4.78, 5) is 18.6. The van der Waals surface area contributed by atoms with Crippen LogP contribution in [0.2, 0.25) is 0 Å². The van der Waals surface area contributed by atoms with Crippen LogP contribution in [0.3, 0.4) is 0 Å². The summed E-state index contributed by atoms with van der Waals surface area (Å²) in [5.74, 6) is 1.28. The lowest BCUT2D eigenvalue weighted by Gasteiger charge is -2.21. The molecular weight excluding hydrogens is 302 g/mol. The SMILES string of the molecule is COc1ccccc1N1CCC(CNC(=O)c2cncc(C)c2)C1. The molecule has 0 aliphatic carbocycles. The number of benzene rings is 1. The highest BCUT2D eigenvalue weighted by atomic mass is 16.5. The van der Waals surface area contributed by atoms with Gasteiger partial charge in [-0.3, -0.25) is 9.78 Å². The number of carbonyl (C=O) groups excluding carboxylic acids is 1. The lowest BCUT2D eigenvalue weighted by Crippen LogP contribution is -2.31. The van der Waals surface area contributed by atoms with Crippen LogP contribution in [0.1, 0.15) is 22.3 Å². The molecule has 1 N–H and O–H groups in total. The minimum Gasteiger partial charge on any atom is -0.495 e. The number of ether oxygens (including phenoxy) is 1. The maximum absolute atomic E-state index is 12.2. The van der Waals surface area contributed by atoms with Crippen molar-refractivity contribution in [2.75, 3.05) is 31.6 Å². The third-order valence-corrected chi connectivity index (χ3v) is 4.40. The number of rotatable bonds is 5. The Kier molecular flexibility index (Phi) is 4.99. The van der Waals surface area contributed by atoms with Gasteiger partial charge in [0, 0.05) is 32.0 Å². The molecule has 126 valence electrons. The highest BCUT2D eigenvalue weighted by molar-refractivity contribution is 5.94. The second-order valence-electron chi connectivity index (χ2n) is 6.23. The summed E-state index contributed by atoms with van der Waals surface area (Å²) in [6.45, 7) is 4.52. The van der Waals surface area contributed by atoms with Crippen LogP contribution >= 0.6 is 0 Å². The van der Waals surface area contributed by atoms with E-state index in [1.807, 2.05) is 31.2 Å². The van der Waals surface area contributed by atoms with Gasteiger partial charge in [-0.25, -0.2) is 0 Å². The molecule has 1 unspecified atom stereocenters. The van der Waals surface area contributed by atoms with Gasteiger partial charge >= 0.3 is 0 Å². The van der Waals surface area contributed by atoms with Gasteiger partial charge in [0.05, 0.1) is 18.4 Å². The smallest absolute Gasteiger partial charge is 0.252 e. The number of pyridine rings is 1. The summed E-state index contributed by atoms with van der Waals surface area (Å²) in [6.07, 6.45) is 4.42. The van der Waals surface area contributed by atoms with Crippen LogP contribution in [-0.4, -0.2) is 37.6 Å². The average molecular weight is 325 g/mol. The van der Waals surface area contributed by atoms with Gasteiger partial charge in [-0.2, -0.15) is 0 Å². The van der Waals surface area contributed by atoms with E-state index in [1.165, 1.54) is 0 Å². The molecule has 2 aromatic rings. The summed E-state index contributed by atoms with van der Waals surface area (Å²) in [5, 5.41) is 3.03. The first-order valence-electron chi connectivity index (χ1n) is 8.25. The second-order valence-corrected chi connectivity index (χ2v) is 6.23. The van der Waals surface area contributed by atoms with Crippen molar-refractivity contribution in [3.63, 3.8) is 0 Å². The Morgan fingerprint density at radius 1 is 1.38 bits per heavy atom. The first-order valence-corrected chi connectivity index (χ1v) is 8.25. The Bertz CT molecular complexity index is 717. The third kappa shape index (κ3) is 3.67. The normalized spacial score (nSPS) is 16.9. The Morgan fingerprint density at radius 3 is 3.00 bits per heavy atom. The van der Waals surface area contributed by atoms with Crippen molar-refractivity contribution in [3.05, 3.63) is 53.9 Å². The van der Waals surface area contributed by atoms with Gasteiger partial charge in [0.15, 0.2) is 0 Å². The number of nitrogens with one attached hydrogen (secondary N) is 1. The van der Waals surface area contributed by atoms with Gasteiger partial charge in [-0.1, -0.05) is 12.1 Å². The number of aromatic nitrogens is 1. The zero-order valence-corrected chi connectivity index (χ0v) is 14.2. The van der Waals surface area contributed by atoms with Crippen molar-refractivity contribution < 1.29 is 9.53 Å². The Balaban J connectivity index is 1.56. The molecule has 5 nitrogen and oxygen atoms in total. The Labute approximate surface area is 142 Å². The van der Waals surface area contributed by atoms with Crippen molar-refractivity contribution >= 4 is 11.6 Å². The fourth-order valence-corrected chi connectivity index (χ4v) is 3.13. The molecule has 24 heavy (non-hydrogen) atoms. The van der Waals surface area contributed by atoms with Crippen LogP contribution in [0.4, 0.5) is 5.69 Å². The van der Waals surface area contributed by atoms with E-state index in [0.717, 1.165) is 36.5 Å². The first-order chi connectivity index (χ1) is 11.7. The van der Waals surface area contributed by atoms with Crippen LogP contribution in [0.15, 0.2) is 42.7 Å².